The molecule has 6 heteroatoms. The highest BCUT2D eigenvalue weighted by molar-refractivity contribution is 5.42. The molecular weight excluding hydrogens is 207 g/mol. The molecule has 2 aromatic rings. The standard InChI is InChI=1S/C9H7F3N3/c1-5-3-4-7-13-8(9(10,11)12)6(2)15(7)14-5/h3-4H,1H2,2H3. The summed E-state index contributed by atoms with van der Waals surface area (Å²) in [6.45, 7) is 4.87. The van der Waals surface area contributed by atoms with Crippen LogP contribution in [0.25, 0.3) is 5.65 Å². The summed E-state index contributed by atoms with van der Waals surface area (Å²) in [6, 6.07) is 2.97. The lowest BCUT2D eigenvalue weighted by atomic mass is 10.3. The van der Waals surface area contributed by atoms with E-state index < -0.39 is 11.9 Å². The molecule has 0 aliphatic rings. The summed E-state index contributed by atoms with van der Waals surface area (Å²) in [6.07, 6.45) is -4.45. The van der Waals surface area contributed by atoms with Gasteiger partial charge >= 0.3 is 6.18 Å². The van der Waals surface area contributed by atoms with Crippen molar-refractivity contribution in [1.82, 2.24) is 14.6 Å². The van der Waals surface area contributed by atoms with Crippen molar-refractivity contribution in [2.24, 2.45) is 0 Å². The van der Waals surface area contributed by atoms with E-state index in [-0.39, 0.29) is 11.3 Å². The molecule has 0 fully saturated rings. The number of halogens is 3. The van der Waals surface area contributed by atoms with Gasteiger partial charge in [-0.2, -0.15) is 18.3 Å². The Kier molecular flexibility index (Phi) is 1.95. The molecule has 0 aromatic carbocycles. The molecule has 0 aliphatic carbocycles. The minimum atomic E-state index is -4.45. The first kappa shape index (κ1) is 9.95. The van der Waals surface area contributed by atoms with Crippen molar-refractivity contribution in [2.45, 2.75) is 13.1 Å². The number of aromatic nitrogens is 3. The van der Waals surface area contributed by atoms with E-state index >= 15 is 0 Å². The number of aryl methyl sites for hydroxylation is 1. The zero-order chi connectivity index (χ0) is 11.2. The second-order valence-corrected chi connectivity index (χ2v) is 3.14. The van der Waals surface area contributed by atoms with Crippen LogP contribution < -0.4 is 0 Å². The third kappa shape index (κ3) is 1.55. The number of hydrogen-bond donors (Lipinski definition) is 0. The maximum absolute atomic E-state index is 12.5. The lowest BCUT2D eigenvalue weighted by Crippen LogP contribution is -2.08. The highest BCUT2D eigenvalue weighted by Gasteiger charge is 2.36. The zero-order valence-corrected chi connectivity index (χ0v) is 7.84. The lowest BCUT2D eigenvalue weighted by Gasteiger charge is -2.02. The minimum absolute atomic E-state index is 0.0250. The van der Waals surface area contributed by atoms with Gasteiger partial charge in [0.1, 0.15) is 0 Å². The molecule has 79 valence electrons. The van der Waals surface area contributed by atoms with Crippen LogP contribution in [0.1, 0.15) is 17.1 Å². The molecule has 2 rings (SSSR count). The maximum Gasteiger partial charge on any atom is 0.435 e. The van der Waals surface area contributed by atoms with Gasteiger partial charge in [0, 0.05) is 0 Å². The second-order valence-electron chi connectivity index (χ2n) is 3.14. The molecular formula is C9H7F3N3. The predicted octanol–water partition coefficient (Wildman–Crippen LogP) is 2.24. The van der Waals surface area contributed by atoms with Gasteiger partial charge in [0.25, 0.3) is 0 Å². The fraction of sp³-hybridized carbons (Fsp3) is 0.222. The largest absolute Gasteiger partial charge is 0.435 e. The maximum atomic E-state index is 12.5. The Labute approximate surface area is 83.5 Å². The quantitative estimate of drug-likeness (QED) is 0.673. The lowest BCUT2D eigenvalue weighted by molar-refractivity contribution is -0.141. The fourth-order valence-corrected chi connectivity index (χ4v) is 1.35. The molecule has 0 spiro atoms. The Morgan fingerprint density at radius 1 is 1.33 bits per heavy atom. The Morgan fingerprint density at radius 2 is 2.00 bits per heavy atom. The molecule has 0 aliphatic heterocycles. The number of imidazole rings is 1. The number of rotatable bonds is 0. The van der Waals surface area contributed by atoms with E-state index in [9.17, 15) is 13.2 Å². The first-order valence-electron chi connectivity index (χ1n) is 4.15. The molecule has 15 heavy (non-hydrogen) atoms. The van der Waals surface area contributed by atoms with E-state index in [0.717, 1.165) is 4.52 Å². The molecule has 0 bridgehead atoms. The number of hydrogen-bond acceptors (Lipinski definition) is 2. The van der Waals surface area contributed by atoms with Gasteiger partial charge in [-0.15, -0.1) is 0 Å². The summed E-state index contributed by atoms with van der Waals surface area (Å²) < 4.78 is 38.5. The van der Waals surface area contributed by atoms with Gasteiger partial charge in [-0.25, -0.2) is 9.50 Å². The van der Waals surface area contributed by atoms with Crippen molar-refractivity contribution in [1.29, 1.82) is 0 Å². The van der Waals surface area contributed by atoms with Gasteiger partial charge in [0.05, 0.1) is 11.4 Å². The Bertz CT molecular complexity index is 513. The van der Waals surface area contributed by atoms with Crippen molar-refractivity contribution in [3.05, 3.63) is 36.1 Å². The topological polar surface area (TPSA) is 30.2 Å². The van der Waals surface area contributed by atoms with Gasteiger partial charge in [0.2, 0.25) is 0 Å². The molecule has 2 heterocycles. The van der Waals surface area contributed by atoms with Crippen molar-refractivity contribution in [3.8, 4) is 0 Å². The van der Waals surface area contributed by atoms with Crippen LogP contribution >= 0.6 is 0 Å². The molecule has 0 saturated carbocycles. The molecule has 0 N–H and O–H groups in total. The molecule has 0 saturated heterocycles. The Hall–Kier alpha value is -1.59. The van der Waals surface area contributed by atoms with Crippen molar-refractivity contribution in [3.63, 3.8) is 0 Å². The molecule has 0 atom stereocenters. The van der Waals surface area contributed by atoms with Crippen molar-refractivity contribution in [2.75, 3.05) is 0 Å². The van der Waals surface area contributed by atoms with E-state index in [0.29, 0.717) is 5.69 Å². The smallest absolute Gasteiger partial charge is 0.222 e. The summed E-state index contributed by atoms with van der Waals surface area (Å²) in [5.74, 6) is 0. The van der Waals surface area contributed by atoms with Crippen LogP contribution in [0.2, 0.25) is 0 Å². The van der Waals surface area contributed by atoms with Crippen LogP contribution in [0.5, 0.6) is 0 Å². The van der Waals surface area contributed by atoms with Crippen LogP contribution in [-0.2, 0) is 6.18 Å². The molecule has 2 aromatic heterocycles. The van der Waals surface area contributed by atoms with Crippen molar-refractivity contribution < 1.29 is 13.2 Å². The van der Waals surface area contributed by atoms with E-state index in [1.807, 2.05) is 0 Å². The first-order chi connectivity index (χ1) is 6.89. The van der Waals surface area contributed by atoms with Gasteiger partial charge in [0.15, 0.2) is 11.3 Å². The average Bonchev–Trinajstić information content (AvgIpc) is 2.43. The SMILES string of the molecule is [CH2]c1ccc2nc(C(F)(F)F)c(C)n2n1. The van der Waals surface area contributed by atoms with Crippen LogP contribution in [0, 0.1) is 13.8 Å². The highest BCUT2D eigenvalue weighted by Crippen LogP contribution is 2.30. The fourth-order valence-electron chi connectivity index (χ4n) is 1.35. The molecule has 0 unspecified atom stereocenters. The summed E-state index contributed by atoms with van der Waals surface area (Å²) in [4.78, 5) is 3.47. The minimum Gasteiger partial charge on any atom is -0.222 e. The third-order valence-electron chi connectivity index (χ3n) is 2.03. The molecule has 1 radical (unpaired) electrons. The Morgan fingerprint density at radius 3 is 2.60 bits per heavy atom. The van der Waals surface area contributed by atoms with Crippen LogP contribution in [0.4, 0.5) is 13.2 Å². The van der Waals surface area contributed by atoms with E-state index in [1.165, 1.54) is 19.1 Å². The average molecular weight is 214 g/mol. The number of nitrogens with zero attached hydrogens (tertiary/aromatic N) is 3. The molecule has 3 nitrogen and oxygen atoms in total. The zero-order valence-electron chi connectivity index (χ0n) is 7.84. The van der Waals surface area contributed by atoms with Crippen LogP contribution in [0.3, 0.4) is 0 Å². The second kappa shape index (κ2) is 2.95. The predicted molar refractivity (Wildman–Crippen MR) is 47.2 cm³/mol. The van der Waals surface area contributed by atoms with Gasteiger partial charge in [-0.1, -0.05) is 0 Å². The van der Waals surface area contributed by atoms with Gasteiger partial charge in [-0.3, -0.25) is 0 Å². The summed E-state index contributed by atoms with van der Waals surface area (Å²) >= 11 is 0. The van der Waals surface area contributed by atoms with Crippen LogP contribution in [0.15, 0.2) is 12.1 Å². The summed E-state index contributed by atoms with van der Waals surface area (Å²) in [5.41, 5.74) is -0.354. The van der Waals surface area contributed by atoms with E-state index in [2.05, 4.69) is 17.0 Å². The number of fused-ring (bicyclic) bond motifs is 1. The highest BCUT2D eigenvalue weighted by atomic mass is 19.4. The van der Waals surface area contributed by atoms with Gasteiger partial charge < -0.3 is 0 Å². The first-order valence-corrected chi connectivity index (χ1v) is 4.15. The van der Waals surface area contributed by atoms with Crippen LogP contribution in [-0.4, -0.2) is 14.6 Å². The van der Waals surface area contributed by atoms with Crippen molar-refractivity contribution >= 4 is 5.65 Å². The van der Waals surface area contributed by atoms with Gasteiger partial charge in [-0.05, 0) is 26.0 Å². The summed E-state index contributed by atoms with van der Waals surface area (Å²) in [7, 11) is 0. The number of alkyl halides is 3. The third-order valence-corrected chi connectivity index (χ3v) is 2.03. The molecule has 0 amide bonds. The Balaban J connectivity index is 2.76. The van der Waals surface area contributed by atoms with E-state index in [1.54, 1.807) is 0 Å². The summed E-state index contributed by atoms with van der Waals surface area (Å²) in [5, 5.41) is 3.85. The normalized spacial score (nSPS) is 12.3. The van der Waals surface area contributed by atoms with E-state index in [4.69, 9.17) is 0 Å². The monoisotopic (exact) mass is 214 g/mol.